The zero-order valence-electron chi connectivity index (χ0n) is 8.48. The molecule has 2 heterocycles. The molecule has 0 saturated heterocycles. The number of nitriles is 1. The third-order valence-corrected chi connectivity index (χ3v) is 2.17. The van der Waals surface area contributed by atoms with Crippen LogP contribution < -0.4 is 5.73 Å². The monoisotopic (exact) mass is 202 g/mol. The first-order valence-corrected chi connectivity index (χ1v) is 4.59. The summed E-state index contributed by atoms with van der Waals surface area (Å²) in [5.74, 6) is 0.457. The fourth-order valence-corrected chi connectivity index (χ4v) is 1.43. The molecule has 2 rings (SSSR count). The lowest BCUT2D eigenvalue weighted by Crippen LogP contribution is -1.96. The van der Waals surface area contributed by atoms with Crippen LogP contribution in [-0.2, 0) is 0 Å². The fourth-order valence-electron chi connectivity index (χ4n) is 1.43. The van der Waals surface area contributed by atoms with Crippen molar-refractivity contribution in [2.75, 3.05) is 5.73 Å². The number of nitrogen functional groups attached to an aromatic ring is 1. The van der Waals surface area contributed by atoms with E-state index in [-0.39, 0.29) is 5.92 Å². The van der Waals surface area contributed by atoms with E-state index >= 15 is 0 Å². The quantitative estimate of drug-likeness (QED) is 0.761. The lowest BCUT2D eigenvalue weighted by Gasteiger charge is -2.03. The first-order chi connectivity index (χ1) is 7.13. The summed E-state index contributed by atoms with van der Waals surface area (Å²) in [4.78, 5) is 4.18. The summed E-state index contributed by atoms with van der Waals surface area (Å²) >= 11 is 0. The third kappa shape index (κ3) is 1.40. The second-order valence-corrected chi connectivity index (χ2v) is 3.60. The van der Waals surface area contributed by atoms with Gasteiger partial charge in [-0.1, -0.05) is 19.0 Å². The molecule has 2 N–H and O–H groups in total. The van der Waals surface area contributed by atoms with E-state index in [0.717, 1.165) is 0 Å². The van der Waals surface area contributed by atoms with Crippen LogP contribution in [0.15, 0.2) is 10.6 Å². The summed E-state index contributed by atoms with van der Waals surface area (Å²) < 4.78 is 5.09. The van der Waals surface area contributed by atoms with Crippen molar-refractivity contribution >= 4 is 16.8 Å². The molecule has 2 aromatic heterocycles. The highest BCUT2D eigenvalue weighted by Gasteiger charge is 2.15. The van der Waals surface area contributed by atoms with E-state index in [1.807, 2.05) is 19.9 Å². The van der Waals surface area contributed by atoms with Crippen molar-refractivity contribution in [2.45, 2.75) is 19.8 Å². The molecule has 0 aliphatic rings. The van der Waals surface area contributed by atoms with Crippen molar-refractivity contribution < 1.29 is 4.52 Å². The van der Waals surface area contributed by atoms with Gasteiger partial charge in [0.1, 0.15) is 11.8 Å². The summed E-state index contributed by atoms with van der Waals surface area (Å²) in [7, 11) is 0. The molecule has 5 heteroatoms. The van der Waals surface area contributed by atoms with Gasteiger partial charge in [-0.25, -0.2) is 4.98 Å². The Labute approximate surface area is 86.5 Å². The molecule has 76 valence electrons. The van der Waals surface area contributed by atoms with Crippen LogP contribution in [0.1, 0.15) is 31.2 Å². The van der Waals surface area contributed by atoms with Gasteiger partial charge in [0.2, 0.25) is 0 Å². The SMILES string of the molecule is CC(C)c1nc(C#N)cc2c(N)noc12. The Morgan fingerprint density at radius 1 is 1.53 bits per heavy atom. The van der Waals surface area contributed by atoms with E-state index in [1.165, 1.54) is 0 Å². The van der Waals surface area contributed by atoms with Crippen LogP contribution in [0.4, 0.5) is 5.82 Å². The van der Waals surface area contributed by atoms with Crippen LogP contribution in [0.2, 0.25) is 0 Å². The summed E-state index contributed by atoms with van der Waals surface area (Å²) in [6.45, 7) is 3.95. The van der Waals surface area contributed by atoms with Crippen molar-refractivity contribution in [1.82, 2.24) is 10.1 Å². The maximum Gasteiger partial charge on any atom is 0.190 e. The van der Waals surface area contributed by atoms with Gasteiger partial charge in [-0.2, -0.15) is 5.26 Å². The molecule has 5 nitrogen and oxygen atoms in total. The molecule has 0 aliphatic carbocycles. The lowest BCUT2D eigenvalue weighted by atomic mass is 10.1. The van der Waals surface area contributed by atoms with Gasteiger partial charge in [0.25, 0.3) is 0 Å². The Hall–Kier alpha value is -2.09. The van der Waals surface area contributed by atoms with Crippen LogP contribution >= 0.6 is 0 Å². The van der Waals surface area contributed by atoms with Crippen LogP contribution in [0.3, 0.4) is 0 Å². The van der Waals surface area contributed by atoms with Gasteiger partial charge >= 0.3 is 0 Å². The zero-order valence-corrected chi connectivity index (χ0v) is 8.48. The molecule has 0 unspecified atom stereocenters. The first kappa shape index (κ1) is 9.46. The van der Waals surface area contributed by atoms with Crippen LogP contribution in [0.5, 0.6) is 0 Å². The molecule has 0 spiro atoms. The number of aromatic nitrogens is 2. The largest absolute Gasteiger partial charge is 0.380 e. The number of fused-ring (bicyclic) bond motifs is 1. The number of hydrogen-bond donors (Lipinski definition) is 1. The predicted molar refractivity (Wildman–Crippen MR) is 55.0 cm³/mol. The van der Waals surface area contributed by atoms with Gasteiger partial charge in [-0.3, -0.25) is 0 Å². The smallest absolute Gasteiger partial charge is 0.190 e. The Morgan fingerprint density at radius 3 is 2.87 bits per heavy atom. The van der Waals surface area contributed by atoms with Crippen LogP contribution in [-0.4, -0.2) is 10.1 Å². The molecule has 0 radical (unpaired) electrons. The average Bonchev–Trinajstić information content (AvgIpc) is 2.59. The molecule has 0 saturated carbocycles. The molecule has 0 atom stereocenters. The van der Waals surface area contributed by atoms with Crippen molar-refractivity contribution in [3.05, 3.63) is 17.5 Å². The third-order valence-electron chi connectivity index (χ3n) is 2.17. The zero-order chi connectivity index (χ0) is 11.0. The molecule has 0 aliphatic heterocycles. The molecule has 0 amide bonds. The minimum atomic E-state index is 0.160. The van der Waals surface area contributed by atoms with E-state index in [2.05, 4.69) is 10.1 Å². The standard InChI is InChI=1S/C10H10N4O/c1-5(2)8-9-7(10(12)14-15-9)3-6(4-11)13-8/h3,5H,1-2H3,(H2,12,14). The summed E-state index contributed by atoms with van der Waals surface area (Å²) in [6, 6.07) is 3.59. The normalized spacial score (nSPS) is 10.8. The van der Waals surface area contributed by atoms with Crippen molar-refractivity contribution in [2.24, 2.45) is 0 Å². The molecule has 15 heavy (non-hydrogen) atoms. The van der Waals surface area contributed by atoms with Crippen molar-refractivity contribution in [3.63, 3.8) is 0 Å². The van der Waals surface area contributed by atoms with E-state index in [1.54, 1.807) is 6.07 Å². The Balaban J connectivity index is 2.84. The fraction of sp³-hybridized carbons (Fsp3) is 0.300. The first-order valence-electron chi connectivity index (χ1n) is 4.59. The number of rotatable bonds is 1. The molecular weight excluding hydrogens is 192 g/mol. The maximum absolute atomic E-state index is 8.83. The molecule has 0 aromatic carbocycles. The highest BCUT2D eigenvalue weighted by molar-refractivity contribution is 5.89. The van der Waals surface area contributed by atoms with E-state index in [9.17, 15) is 0 Å². The number of pyridine rings is 1. The van der Waals surface area contributed by atoms with Gasteiger partial charge in [-0.05, 0) is 12.0 Å². The van der Waals surface area contributed by atoms with Crippen molar-refractivity contribution in [1.29, 1.82) is 5.26 Å². The predicted octanol–water partition coefficient (Wildman–Crippen LogP) is 1.80. The molecule has 0 bridgehead atoms. The van der Waals surface area contributed by atoms with E-state index < -0.39 is 0 Å². The number of nitrogens with zero attached hydrogens (tertiary/aromatic N) is 3. The van der Waals surface area contributed by atoms with E-state index in [4.69, 9.17) is 15.5 Å². The minimum absolute atomic E-state index is 0.160. The maximum atomic E-state index is 8.83. The van der Waals surface area contributed by atoms with Crippen LogP contribution in [0, 0.1) is 11.3 Å². The Kier molecular flexibility index (Phi) is 2.05. The van der Waals surface area contributed by atoms with Gasteiger partial charge in [0.05, 0.1) is 11.1 Å². The molecular formula is C10H10N4O. The van der Waals surface area contributed by atoms with Gasteiger partial charge in [-0.15, -0.1) is 0 Å². The highest BCUT2D eigenvalue weighted by atomic mass is 16.5. The van der Waals surface area contributed by atoms with Gasteiger partial charge in [0, 0.05) is 0 Å². The lowest BCUT2D eigenvalue weighted by molar-refractivity contribution is 0.455. The minimum Gasteiger partial charge on any atom is -0.380 e. The van der Waals surface area contributed by atoms with Crippen molar-refractivity contribution in [3.8, 4) is 6.07 Å². The van der Waals surface area contributed by atoms with Crippen LogP contribution in [0.25, 0.3) is 11.0 Å². The van der Waals surface area contributed by atoms with E-state index in [0.29, 0.717) is 28.2 Å². The summed E-state index contributed by atoms with van der Waals surface area (Å²) in [6.07, 6.45) is 0. The topological polar surface area (TPSA) is 88.7 Å². The van der Waals surface area contributed by atoms with Gasteiger partial charge < -0.3 is 10.3 Å². The second-order valence-electron chi connectivity index (χ2n) is 3.60. The summed E-state index contributed by atoms with van der Waals surface area (Å²) in [5.41, 5.74) is 7.25. The summed E-state index contributed by atoms with van der Waals surface area (Å²) in [5, 5.41) is 13.2. The molecule has 0 fully saturated rings. The highest BCUT2D eigenvalue weighted by Crippen LogP contribution is 2.27. The Morgan fingerprint density at radius 2 is 2.27 bits per heavy atom. The number of nitrogens with two attached hydrogens (primary N) is 1. The number of hydrogen-bond acceptors (Lipinski definition) is 5. The number of anilines is 1. The molecule has 2 aromatic rings. The second kappa shape index (κ2) is 3.24. The Bertz CT molecular complexity index is 550. The van der Waals surface area contributed by atoms with Gasteiger partial charge in [0.15, 0.2) is 11.4 Å². The average molecular weight is 202 g/mol.